The number of amides is 1. The molecule has 0 aromatic carbocycles. The molecule has 1 aliphatic rings. The lowest BCUT2D eigenvalue weighted by molar-refractivity contribution is 0.0707. The fourth-order valence-electron chi connectivity index (χ4n) is 2.12. The maximum absolute atomic E-state index is 12.3. The number of rotatable bonds is 3. The Morgan fingerprint density at radius 2 is 2.17 bits per heavy atom. The Kier molecular flexibility index (Phi) is 5.98. The van der Waals surface area contributed by atoms with Crippen LogP contribution in [0.1, 0.15) is 35.1 Å². The van der Waals surface area contributed by atoms with Crippen molar-refractivity contribution in [1.82, 2.24) is 19.8 Å². The first kappa shape index (κ1) is 15.3. The summed E-state index contributed by atoms with van der Waals surface area (Å²) in [4.78, 5) is 14.9. The molecule has 0 saturated carbocycles. The van der Waals surface area contributed by atoms with Crippen molar-refractivity contribution in [3.63, 3.8) is 0 Å². The second kappa shape index (κ2) is 7.01. The first-order valence-corrected chi connectivity index (χ1v) is 6.80. The van der Waals surface area contributed by atoms with E-state index in [4.69, 9.17) is 0 Å². The molecule has 0 aliphatic carbocycles. The number of aryl methyl sites for hydroxylation is 1. The highest BCUT2D eigenvalue weighted by molar-refractivity contribution is 7.08. The third-order valence-corrected chi connectivity index (χ3v) is 4.02. The Labute approximate surface area is 118 Å². The molecule has 18 heavy (non-hydrogen) atoms. The van der Waals surface area contributed by atoms with Crippen molar-refractivity contribution in [2.45, 2.75) is 32.2 Å². The molecule has 1 amide bonds. The Morgan fingerprint density at radius 1 is 1.50 bits per heavy atom. The standard InChI is InChI=1S/C11H18N4OS.ClH/c1-3-9-10(17-14-13-9)11(16)15(2)8-4-6-12-7-5-8;/h8,12H,3-7H2,1-2H3;1H. The van der Waals surface area contributed by atoms with Crippen LogP contribution in [-0.4, -0.2) is 46.6 Å². The van der Waals surface area contributed by atoms with Gasteiger partial charge in [0.25, 0.3) is 5.91 Å². The number of piperidine rings is 1. The van der Waals surface area contributed by atoms with Gasteiger partial charge in [-0.15, -0.1) is 17.5 Å². The molecule has 2 heterocycles. The van der Waals surface area contributed by atoms with E-state index in [1.54, 1.807) is 0 Å². The monoisotopic (exact) mass is 290 g/mol. The minimum atomic E-state index is 0. The number of carbonyl (C=O) groups is 1. The third kappa shape index (κ3) is 3.18. The van der Waals surface area contributed by atoms with Gasteiger partial charge in [0.15, 0.2) is 0 Å². The van der Waals surface area contributed by atoms with Gasteiger partial charge in [-0.3, -0.25) is 4.79 Å². The minimum Gasteiger partial charge on any atom is -0.338 e. The van der Waals surface area contributed by atoms with Gasteiger partial charge in [0.1, 0.15) is 4.88 Å². The van der Waals surface area contributed by atoms with Crippen LogP contribution in [0.2, 0.25) is 0 Å². The van der Waals surface area contributed by atoms with E-state index in [1.165, 1.54) is 11.5 Å². The number of hydrogen-bond acceptors (Lipinski definition) is 5. The Bertz CT molecular complexity index is 392. The van der Waals surface area contributed by atoms with Crippen molar-refractivity contribution in [3.8, 4) is 0 Å². The van der Waals surface area contributed by atoms with Gasteiger partial charge in [0, 0.05) is 13.1 Å². The maximum atomic E-state index is 12.3. The smallest absolute Gasteiger partial charge is 0.267 e. The van der Waals surface area contributed by atoms with Gasteiger partial charge in [-0.1, -0.05) is 11.4 Å². The molecule has 1 aromatic heterocycles. The van der Waals surface area contributed by atoms with E-state index in [-0.39, 0.29) is 18.3 Å². The Hall–Kier alpha value is -0.720. The van der Waals surface area contributed by atoms with E-state index < -0.39 is 0 Å². The average molecular weight is 291 g/mol. The molecule has 5 nitrogen and oxygen atoms in total. The van der Waals surface area contributed by atoms with E-state index in [1.807, 2.05) is 18.9 Å². The van der Waals surface area contributed by atoms with Crippen LogP contribution in [0.3, 0.4) is 0 Å². The van der Waals surface area contributed by atoms with Crippen LogP contribution in [0, 0.1) is 0 Å². The summed E-state index contributed by atoms with van der Waals surface area (Å²) in [5, 5.41) is 7.30. The van der Waals surface area contributed by atoms with Crippen molar-refractivity contribution in [1.29, 1.82) is 0 Å². The molecule has 1 aromatic rings. The summed E-state index contributed by atoms with van der Waals surface area (Å²) in [5.74, 6) is 0.0729. The van der Waals surface area contributed by atoms with E-state index in [0.717, 1.165) is 38.0 Å². The summed E-state index contributed by atoms with van der Waals surface area (Å²) in [7, 11) is 1.89. The minimum absolute atomic E-state index is 0. The van der Waals surface area contributed by atoms with Crippen molar-refractivity contribution in [2.75, 3.05) is 20.1 Å². The van der Waals surface area contributed by atoms with Crippen LogP contribution >= 0.6 is 23.9 Å². The van der Waals surface area contributed by atoms with Crippen LogP contribution in [0.5, 0.6) is 0 Å². The molecule has 0 bridgehead atoms. The molecule has 7 heteroatoms. The summed E-state index contributed by atoms with van der Waals surface area (Å²) in [5.41, 5.74) is 0.820. The first-order chi connectivity index (χ1) is 8.24. The Morgan fingerprint density at radius 3 is 2.78 bits per heavy atom. The average Bonchev–Trinajstić information content (AvgIpc) is 2.86. The second-order valence-corrected chi connectivity index (χ2v) is 5.05. The normalized spacial score (nSPS) is 16.1. The molecule has 0 spiro atoms. The highest BCUT2D eigenvalue weighted by atomic mass is 35.5. The number of nitrogens with one attached hydrogen (secondary N) is 1. The lowest BCUT2D eigenvalue weighted by Gasteiger charge is -2.31. The van der Waals surface area contributed by atoms with Gasteiger partial charge in [-0.05, 0) is 43.9 Å². The largest absolute Gasteiger partial charge is 0.338 e. The van der Waals surface area contributed by atoms with Crippen molar-refractivity contribution < 1.29 is 4.79 Å². The van der Waals surface area contributed by atoms with Crippen LogP contribution in [0.15, 0.2) is 0 Å². The molecule has 1 saturated heterocycles. The highest BCUT2D eigenvalue weighted by Gasteiger charge is 2.25. The molecular weight excluding hydrogens is 272 g/mol. The van der Waals surface area contributed by atoms with Gasteiger partial charge < -0.3 is 10.2 Å². The predicted molar refractivity (Wildman–Crippen MR) is 74.5 cm³/mol. The Balaban J connectivity index is 0.00000162. The SMILES string of the molecule is CCc1nnsc1C(=O)N(C)C1CCNCC1.Cl. The van der Waals surface area contributed by atoms with E-state index in [2.05, 4.69) is 14.9 Å². The van der Waals surface area contributed by atoms with E-state index in [0.29, 0.717) is 10.9 Å². The summed E-state index contributed by atoms with van der Waals surface area (Å²) >= 11 is 1.21. The van der Waals surface area contributed by atoms with Crippen molar-refractivity contribution in [2.24, 2.45) is 0 Å². The summed E-state index contributed by atoms with van der Waals surface area (Å²) in [6.07, 6.45) is 2.81. The number of nitrogens with zero attached hydrogens (tertiary/aromatic N) is 3. The molecule has 0 atom stereocenters. The predicted octanol–water partition coefficient (Wildman–Crippen LogP) is 1.35. The summed E-state index contributed by atoms with van der Waals surface area (Å²) < 4.78 is 3.87. The van der Waals surface area contributed by atoms with E-state index in [9.17, 15) is 4.79 Å². The molecule has 0 radical (unpaired) electrons. The van der Waals surface area contributed by atoms with Gasteiger partial charge in [0.05, 0.1) is 5.69 Å². The van der Waals surface area contributed by atoms with Crippen molar-refractivity contribution >= 4 is 29.8 Å². The lowest BCUT2D eigenvalue weighted by Crippen LogP contribution is -2.43. The lowest BCUT2D eigenvalue weighted by atomic mass is 10.1. The molecule has 1 N–H and O–H groups in total. The number of halogens is 1. The molecule has 0 unspecified atom stereocenters. The van der Waals surface area contributed by atoms with Crippen molar-refractivity contribution in [3.05, 3.63) is 10.6 Å². The van der Waals surface area contributed by atoms with Gasteiger partial charge in [-0.25, -0.2) is 0 Å². The molecule has 1 aliphatic heterocycles. The molecule has 2 rings (SSSR count). The van der Waals surface area contributed by atoms with E-state index >= 15 is 0 Å². The maximum Gasteiger partial charge on any atom is 0.267 e. The topological polar surface area (TPSA) is 58.1 Å². The fraction of sp³-hybridized carbons (Fsp3) is 0.727. The zero-order valence-electron chi connectivity index (χ0n) is 10.7. The number of carbonyl (C=O) groups excluding carboxylic acids is 1. The second-order valence-electron chi connectivity index (χ2n) is 4.30. The van der Waals surface area contributed by atoms with Crippen LogP contribution < -0.4 is 5.32 Å². The van der Waals surface area contributed by atoms with Gasteiger partial charge in [0.2, 0.25) is 0 Å². The highest BCUT2D eigenvalue weighted by Crippen LogP contribution is 2.18. The molecular formula is C11H19ClN4OS. The third-order valence-electron chi connectivity index (χ3n) is 3.26. The summed E-state index contributed by atoms with van der Waals surface area (Å²) in [6.45, 7) is 3.98. The summed E-state index contributed by atoms with van der Waals surface area (Å²) in [6, 6.07) is 0.343. The van der Waals surface area contributed by atoms with Gasteiger partial charge in [-0.2, -0.15) is 0 Å². The van der Waals surface area contributed by atoms with Crippen LogP contribution in [0.25, 0.3) is 0 Å². The zero-order chi connectivity index (χ0) is 12.3. The molecule has 102 valence electrons. The van der Waals surface area contributed by atoms with Crippen LogP contribution in [-0.2, 0) is 6.42 Å². The van der Waals surface area contributed by atoms with Gasteiger partial charge >= 0.3 is 0 Å². The number of hydrogen-bond donors (Lipinski definition) is 1. The fourth-order valence-corrected chi connectivity index (χ4v) is 2.86. The van der Waals surface area contributed by atoms with Crippen LogP contribution in [0.4, 0.5) is 0 Å². The number of aromatic nitrogens is 2. The molecule has 1 fully saturated rings. The first-order valence-electron chi connectivity index (χ1n) is 6.03. The quantitative estimate of drug-likeness (QED) is 0.913. The zero-order valence-corrected chi connectivity index (χ0v) is 12.3.